The van der Waals surface area contributed by atoms with Gasteiger partial charge in [-0.15, -0.1) is 16.4 Å². The van der Waals surface area contributed by atoms with E-state index in [-0.39, 0.29) is 41.9 Å². The number of nitrogens with zero attached hydrogens (tertiary/aromatic N) is 4. The number of sulfonamides is 1. The van der Waals surface area contributed by atoms with Crippen LogP contribution in [-0.4, -0.2) is 60.5 Å². The Labute approximate surface area is 260 Å². The zero-order chi connectivity index (χ0) is 30.5. The topological polar surface area (TPSA) is 136 Å². The molecule has 6 rings (SSSR count). The molecule has 1 aliphatic carbocycles. The molecule has 0 spiro atoms. The third-order valence-corrected chi connectivity index (χ3v) is 10.6. The minimum absolute atomic E-state index is 0.0392. The summed E-state index contributed by atoms with van der Waals surface area (Å²) in [6, 6.07) is 16.2. The van der Waals surface area contributed by atoms with E-state index in [9.17, 15) is 18.0 Å². The van der Waals surface area contributed by atoms with E-state index >= 15 is 0 Å². The molecule has 2 aromatic carbocycles. The van der Waals surface area contributed by atoms with Crippen molar-refractivity contribution in [3.05, 3.63) is 70.9 Å². The van der Waals surface area contributed by atoms with Crippen molar-refractivity contribution in [2.45, 2.75) is 74.6 Å². The van der Waals surface area contributed by atoms with Gasteiger partial charge in [0, 0.05) is 29.8 Å². The summed E-state index contributed by atoms with van der Waals surface area (Å²) in [4.78, 5) is 30.5. The standard InChI is InChI=1S/C31H36N6O5S2/c38-29(21-36-27-12-5-4-11-26(27)34-35-36)37(30(28-13-7-19-43-28)31(39)33-22-8-2-1-3-9-22)23-14-16-25(17-15-23)44(40,41)32-20-24-10-6-18-42-24/h4-5,7,11-17,19,22,24,30,32H,1-3,6,8-10,18,20-21H2,(H,33,39)/t24-,30+/m1/s1. The van der Waals surface area contributed by atoms with E-state index in [4.69, 9.17) is 4.74 Å². The molecular formula is C31H36N6O5S2. The number of amides is 2. The second-order valence-electron chi connectivity index (χ2n) is 11.2. The monoisotopic (exact) mass is 636 g/mol. The fourth-order valence-corrected chi connectivity index (χ4v) is 7.78. The van der Waals surface area contributed by atoms with Crippen LogP contribution in [0.4, 0.5) is 5.69 Å². The van der Waals surface area contributed by atoms with Crippen molar-refractivity contribution < 1.29 is 22.7 Å². The number of carbonyl (C=O) groups is 2. The summed E-state index contributed by atoms with van der Waals surface area (Å²) in [5.41, 5.74) is 1.75. The third kappa shape index (κ3) is 6.85. The van der Waals surface area contributed by atoms with Crippen molar-refractivity contribution in [1.29, 1.82) is 0 Å². The van der Waals surface area contributed by atoms with Crippen LogP contribution in [0.1, 0.15) is 55.9 Å². The Kier molecular flexibility index (Phi) is 9.36. The van der Waals surface area contributed by atoms with Crippen LogP contribution in [0.25, 0.3) is 11.0 Å². The lowest BCUT2D eigenvalue weighted by Crippen LogP contribution is -2.48. The second-order valence-corrected chi connectivity index (χ2v) is 14.0. The van der Waals surface area contributed by atoms with Crippen molar-refractivity contribution in [2.75, 3.05) is 18.1 Å². The summed E-state index contributed by atoms with van der Waals surface area (Å²) in [5, 5.41) is 13.4. The lowest BCUT2D eigenvalue weighted by Gasteiger charge is -2.33. The maximum Gasteiger partial charge on any atom is 0.249 e. The lowest BCUT2D eigenvalue weighted by molar-refractivity contribution is -0.127. The molecule has 0 radical (unpaired) electrons. The van der Waals surface area contributed by atoms with Crippen molar-refractivity contribution in [3.63, 3.8) is 0 Å². The first kappa shape index (κ1) is 30.4. The zero-order valence-corrected chi connectivity index (χ0v) is 25.9. The molecule has 1 aliphatic heterocycles. The average Bonchev–Trinajstić information content (AvgIpc) is 3.83. The molecule has 3 heterocycles. The summed E-state index contributed by atoms with van der Waals surface area (Å²) in [6.45, 7) is 0.666. The number of hydrogen-bond acceptors (Lipinski definition) is 8. The molecule has 2 fully saturated rings. The number of para-hydroxylation sites is 1. The van der Waals surface area contributed by atoms with Gasteiger partial charge in [0.2, 0.25) is 21.8 Å². The Hall–Kier alpha value is -3.65. The molecule has 2 N–H and O–H groups in total. The maximum absolute atomic E-state index is 14.2. The van der Waals surface area contributed by atoms with E-state index in [1.807, 2.05) is 41.8 Å². The fraction of sp³-hybridized carbons (Fsp3) is 0.419. The Balaban J connectivity index is 1.33. The largest absolute Gasteiger partial charge is 0.377 e. The molecule has 2 atom stereocenters. The van der Waals surface area contributed by atoms with Gasteiger partial charge < -0.3 is 10.1 Å². The Morgan fingerprint density at radius 3 is 2.52 bits per heavy atom. The van der Waals surface area contributed by atoms with Crippen molar-refractivity contribution in [3.8, 4) is 0 Å². The highest BCUT2D eigenvalue weighted by Gasteiger charge is 2.35. The molecule has 0 unspecified atom stereocenters. The summed E-state index contributed by atoms with van der Waals surface area (Å²) in [6.07, 6.45) is 6.62. The van der Waals surface area contributed by atoms with Crippen LogP contribution in [0.5, 0.6) is 0 Å². The SMILES string of the molecule is O=C(NC1CCCCC1)[C@H](c1cccs1)N(C(=O)Cn1nnc2ccccc21)c1ccc(S(=O)(=O)NC[C@H]2CCCO2)cc1. The number of thiophene rings is 1. The van der Waals surface area contributed by atoms with E-state index < -0.39 is 16.1 Å². The number of ether oxygens (including phenoxy) is 1. The van der Waals surface area contributed by atoms with Gasteiger partial charge in [-0.2, -0.15) is 0 Å². The number of nitrogens with one attached hydrogen (secondary N) is 2. The first-order chi connectivity index (χ1) is 21.4. The molecule has 2 amide bonds. The summed E-state index contributed by atoms with van der Waals surface area (Å²) < 4.78 is 35.8. The molecule has 44 heavy (non-hydrogen) atoms. The molecule has 2 aromatic heterocycles. The normalized spacial score (nSPS) is 18.3. The molecule has 13 heteroatoms. The smallest absolute Gasteiger partial charge is 0.249 e. The zero-order valence-electron chi connectivity index (χ0n) is 24.3. The van der Waals surface area contributed by atoms with Gasteiger partial charge in [-0.25, -0.2) is 17.8 Å². The van der Waals surface area contributed by atoms with Crippen LogP contribution < -0.4 is 14.9 Å². The average molecular weight is 637 g/mol. The van der Waals surface area contributed by atoms with Crippen molar-refractivity contribution in [1.82, 2.24) is 25.0 Å². The highest BCUT2D eigenvalue weighted by molar-refractivity contribution is 7.89. The van der Waals surface area contributed by atoms with Gasteiger partial charge in [0.25, 0.3) is 0 Å². The fourth-order valence-electron chi connectivity index (χ4n) is 5.90. The molecule has 2 aliphatic rings. The van der Waals surface area contributed by atoms with Crippen LogP contribution >= 0.6 is 11.3 Å². The number of anilines is 1. The van der Waals surface area contributed by atoms with E-state index in [1.165, 1.54) is 33.1 Å². The molecule has 0 bridgehead atoms. The molecule has 232 valence electrons. The number of benzene rings is 2. The van der Waals surface area contributed by atoms with Gasteiger partial charge in [-0.3, -0.25) is 14.5 Å². The van der Waals surface area contributed by atoms with Crippen LogP contribution in [0.3, 0.4) is 0 Å². The van der Waals surface area contributed by atoms with Crippen molar-refractivity contribution in [2.24, 2.45) is 0 Å². The predicted molar refractivity (Wildman–Crippen MR) is 168 cm³/mol. The molecule has 11 nitrogen and oxygen atoms in total. The molecule has 1 saturated heterocycles. The number of hydrogen-bond donors (Lipinski definition) is 2. The van der Waals surface area contributed by atoms with Crippen LogP contribution in [0.15, 0.2) is 70.9 Å². The van der Waals surface area contributed by atoms with Crippen LogP contribution in [-0.2, 0) is 30.9 Å². The van der Waals surface area contributed by atoms with E-state index in [0.29, 0.717) is 28.2 Å². The molecule has 4 aromatic rings. The summed E-state index contributed by atoms with van der Waals surface area (Å²) >= 11 is 1.39. The second kappa shape index (κ2) is 13.6. The first-order valence-corrected chi connectivity index (χ1v) is 17.4. The van der Waals surface area contributed by atoms with Gasteiger partial charge in [-0.05, 0) is 73.5 Å². The van der Waals surface area contributed by atoms with Gasteiger partial charge in [0.1, 0.15) is 18.1 Å². The Morgan fingerprint density at radius 1 is 1.00 bits per heavy atom. The van der Waals surface area contributed by atoms with Crippen LogP contribution in [0.2, 0.25) is 0 Å². The van der Waals surface area contributed by atoms with Gasteiger partial charge >= 0.3 is 0 Å². The number of fused-ring (bicyclic) bond motifs is 1. The predicted octanol–water partition coefficient (Wildman–Crippen LogP) is 4.17. The Morgan fingerprint density at radius 2 is 1.80 bits per heavy atom. The van der Waals surface area contributed by atoms with Gasteiger partial charge in [0.05, 0.1) is 16.5 Å². The van der Waals surface area contributed by atoms with E-state index in [0.717, 1.165) is 44.9 Å². The summed E-state index contributed by atoms with van der Waals surface area (Å²) in [5.74, 6) is -0.656. The summed E-state index contributed by atoms with van der Waals surface area (Å²) in [7, 11) is -3.81. The third-order valence-electron chi connectivity index (χ3n) is 8.19. The van der Waals surface area contributed by atoms with Crippen LogP contribution in [0, 0.1) is 0 Å². The molecular weight excluding hydrogens is 601 g/mol. The van der Waals surface area contributed by atoms with Gasteiger partial charge in [0.15, 0.2) is 0 Å². The first-order valence-electron chi connectivity index (χ1n) is 15.0. The minimum Gasteiger partial charge on any atom is -0.377 e. The Bertz CT molecular complexity index is 1680. The number of rotatable bonds is 11. The number of carbonyl (C=O) groups excluding carboxylic acids is 2. The maximum atomic E-state index is 14.2. The van der Waals surface area contributed by atoms with Crippen molar-refractivity contribution >= 4 is 49.9 Å². The highest BCUT2D eigenvalue weighted by atomic mass is 32.2. The van der Waals surface area contributed by atoms with E-state index in [1.54, 1.807) is 12.1 Å². The van der Waals surface area contributed by atoms with E-state index in [2.05, 4.69) is 20.4 Å². The van der Waals surface area contributed by atoms with Gasteiger partial charge in [-0.1, -0.05) is 42.7 Å². The molecule has 1 saturated carbocycles. The lowest BCUT2D eigenvalue weighted by atomic mass is 9.95. The highest BCUT2D eigenvalue weighted by Crippen LogP contribution is 2.33. The minimum atomic E-state index is -3.81. The quantitative estimate of drug-likeness (QED) is 0.252. The number of aromatic nitrogens is 3.